The van der Waals surface area contributed by atoms with E-state index in [2.05, 4.69) is 41.4 Å². The molecule has 0 aromatic carbocycles. The largest absolute Gasteiger partial charge is 0.256 e. The lowest BCUT2D eigenvalue weighted by molar-refractivity contribution is -0.683. The second-order valence-corrected chi connectivity index (χ2v) is 5.21. The van der Waals surface area contributed by atoms with Crippen LogP contribution in [0.3, 0.4) is 0 Å². The minimum absolute atomic E-state index is 0.675. The Balaban J connectivity index is 2.53. The normalized spacial score (nSPS) is 10.4. The van der Waals surface area contributed by atoms with Crippen LogP contribution in [-0.4, -0.2) is 10.3 Å². The van der Waals surface area contributed by atoms with Crippen molar-refractivity contribution in [2.45, 2.75) is 52.0 Å². The van der Waals surface area contributed by atoms with Crippen LogP contribution in [0.2, 0.25) is 0 Å². The monoisotopic (exact) mass is 252 g/mol. The number of imidazole rings is 1. The van der Waals surface area contributed by atoms with Gasteiger partial charge < -0.3 is 0 Å². The van der Waals surface area contributed by atoms with Crippen molar-refractivity contribution < 1.29 is 4.57 Å². The van der Waals surface area contributed by atoms with Crippen molar-refractivity contribution in [2.24, 2.45) is 0 Å². The van der Waals surface area contributed by atoms with Gasteiger partial charge in [-0.2, -0.15) is 5.26 Å². The van der Waals surface area contributed by atoms with Crippen LogP contribution < -0.4 is 4.57 Å². The maximum atomic E-state index is 8.50. The van der Waals surface area contributed by atoms with Gasteiger partial charge in [0.2, 0.25) is 0 Å². The lowest BCUT2D eigenvalue weighted by Gasteiger charge is -2.02. The standard InChI is InChI=1S/C13H22N3S/c1-3-13-15(9-7-5-6-8-14)10-11-16(13)12-17-4-2/h10-11H,3-7,9,12H2,1-2H3/q+1. The van der Waals surface area contributed by atoms with Gasteiger partial charge >= 0.3 is 0 Å². The zero-order valence-electron chi connectivity index (χ0n) is 10.9. The van der Waals surface area contributed by atoms with E-state index in [4.69, 9.17) is 5.26 Å². The van der Waals surface area contributed by atoms with Crippen LogP contribution in [0, 0.1) is 11.3 Å². The first-order chi connectivity index (χ1) is 8.33. The molecule has 3 nitrogen and oxygen atoms in total. The van der Waals surface area contributed by atoms with E-state index in [0.29, 0.717) is 6.42 Å². The van der Waals surface area contributed by atoms with Crippen molar-refractivity contribution in [3.05, 3.63) is 18.2 Å². The summed E-state index contributed by atoms with van der Waals surface area (Å²) in [5, 5.41) is 8.50. The highest BCUT2D eigenvalue weighted by molar-refractivity contribution is 7.98. The molecule has 1 heterocycles. The lowest BCUT2D eigenvalue weighted by atomic mass is 10.2. The predicted octanol–water partition coefficient (Wildman–Crippen LogP) is 2.74. The Kier molecular flexibility index (Phi) is 6.80. The lowest BCUT2D eigenvalue weighted by Crippen LogP contribution is -2.35. The summed E-state index contributed by atoms with van der Waals surface area (Å²) < 4.78 is 4.66. The number of rotatable bonds is 8. The molecule has 1 aromatic heterocycles. The first kappa shape index (κ1) is 14.1. The molecule has 0 bridgehead atoms. The van der Waals surface area contributed by atoms with Gasteiger partial charge in [0, 0.05) is 12.8 Å². The average molecular weight is 252 g/mol. The summed E-state index contributed by atoms with van der Waals surface area (Å²) in [5.41, 5.74) is 0. The molecular formula is C13H22N3S+. The van der Waals surface area contributed by atoms with Crippen molar-refractivity contribution in [3.8, 4) is 6.07 Å². The SMILES string of the molecule is CCSC[n+]1ccn(CCCCC#N)c1CC. The molecule has 4 heteroatoms. The van der Waals surface area contributed by atoms with Gasteiger partial charge in [-0.1, -0.05) is 13.8 Å². The van der Waals surface area contributed by atoms with Crippen LogP contribution in [0.5, 0.6) is 0 Å². The van der Waals surface area contributed by atoms with Crippen molar-refractivity contribution in [1.82, 2.24) is 4.57 Å². The Morgan fingerprint density at radius 2 is 2.24 bits per heavy atom. The molecule has 0 aliphatic carbocycles. The molecular weight excluding hydrogens is 230 g/mol. The number of hydrogen-bond acceptors (Lipinski definition) is 2. The predicted molar refractivity (Wildman–Crippen MR) is 71.6 cm³/mol. The van der Waals surface area contributed by atoms with Gasteiger partial charge in [0.25, 0.3) is 5.82 Å². The number of hydrogen-bond donors (Lipinski definition) is 0. The Bertz CT molecular complexity index is 365. The number of aryl methyl sites for hydroxylation is 1. The third kappa shape index (κ3) is 4.43. The summed E-state index contributed by atoms with van der Waals surface area (Å²) >= 11 is 1.94. The minimum atomic E-state index is 0.675. The van der Waals surface area contributed by atoms with E-state index in [1.54, 1.807) is 0 Å². The van der Waals surface area contributed by atoms with Crippen molar-refractivity contribution in [1.29, 1.82) is 5.26 Å². The van der Waals surface area contributed by atoms with Gasteiger partial charge in [0.1, 0.15) is 18.3 Å². The topological polar surface area (TPSA) is 32.6 Å². The minimum Gasteiger partial charge on any atom is -0.234 e. The van der Waals surface area contributed by atoms with E-state index in [1.165, 1.54) is 5.82 Å². The average Bonchev–Trinajstić information content (AvgIpc) is 2.74. The van der Waals surface area contributed by atoms with Crippen molar-refractivity contribution >= 4 is 11.8 Å². The van der Waals surface area contributed by atoms with E-state index in [9.17, 15) is 0 Å². The Morgan fingerprint density at radius 1 is 1.41 bits per heavy atom. The molecule has 0 aliphatic rings. The quantitative estimate of drug-likeness (QED) is 0.526. The molecule has 1 aromatic rings. The van der Waals surface area contributed by atoms with Crippen LogP contribution in [-0.2, 0) is 18.8 Å². The fourth-order valence-electron chi connectivity index (χ4n) is 1.90. The van der Waals surface area contributed by atoms with Gasteiger partial charge in [0.15, 0.2) is 0 Å². The van der Waals surface area contributed by atoms with Crippen LogP contribution in [0.1, 0.15) is 38.9 Å². The fraction of sp³-hybridized carbons (Fsp3) is 0.692. The molecule has 17 heavy (non-hydrogen) atoms. The molecule has 0 N–H and O–H groups in total. The van der Waals surface area contributed by atoms with E-state index >= 15 is 0 Å². The summed E-state index contributed by atoms with van der Waals surface area (Å²) in [6, 6.07) is 2.20. The maximum absolute atomic E-state index is 8.50. The summed E-state index contributed by atoms with van der Waals surface area (Å²) in [6.07, 6.45) is 8.18. The number of thioether (sulfide) groups is 1. The highest BCUT2D eigenvalue weighted by Crippen LogP contribution is 2.05. The highest BCUT2D eigenvalue weighted by Gasteiger charge is 2.14. The third-order valence-corrected chi connectivity index (χ3v) is 3.65. The Labute approximate surface area is 108 Å². The Morgan fingerprint density at radius 3 is 2.88 bits per heavy atom. The maximum Gasteiger partial charge on any atom is 0.256 e. The Hall–Kier alpha value is -0.950. The number of unbranched alkanes of at least 4 members (excludes halogenated alkanes) is 2. The fourth-order valence-corrected chi connectivity index (χ4v) is 2.52. The highest BCUT2D eigenvalue weighted by atomic mass is 32.2. The molecule has 0 spiro atoms. The van der Waals surface area contributed by atoms with E-state index in [0.717, 1.165) is 37.4 Å². The first-order valence-electron chi connectivity index (χ1n) is 6.35. The molecule has 0 unspecified atom stereocenters. The van der Waals surface area contributed by atoms with Crippen LogP contribution in [0.15, 0.2) is 12.4 Å². The zero-order valence-corrected chi connectivity index (χ0v) is 11.7. The summed E-state index contributed by atoms with van der Waals surface area (Å²) in [5.74, 6) is 3.59. The molecule has 94 valence electrons. The van der Waals surface area contributed by atoms with E-state index < -0.39 is 0 Å². The van der Waals surface area contributed by atoms with E-state index in [1.807, 2.05) is 11.8 Å². The molecule has 1 rings (SSSR count). The van der Waals surface area contributed by atoms with Gasteiger partial charge in [-0.3, -0.25) is 0 Å². The molecule has 0 saturated heterocycles. The van der Waals surface area contributed by atoms with Crippen LogP contribution in [0.25, 0.3) is 0 Å². The van der Waals surface area contributed by atoms with Gasteiger partial charge in [0.05, 0.1) is 12.6 Å². The molecule has 0 aliphatic heterocycles. The number of nitrogens with zero attached hydrogens (tertiary/aromatic N) is 3. The molecule has 0 atom stereocenters. The van der Waals surface area contributed by atoms with Gasteiger partial charge in [-0.05, 0) is 18.6 Å². The van der Waals surface area contributed by atoms with Gasteiger partial charge in [-0.15, -0.1) is 11.8 Å². The number of aromatic nitrogens is 2. The first-order valence-corrected chi connectivity index (χ1v) is 7.51. The van der Waals surface area contributed by atoms with Crippen LogP contribution >= 0.6 is 11.8 Å². The summed E-state index contributed by atoms with van der Waals surface area (Å²) in [6.45, 7) is 5.43. The molecule has 0 fully saturated rings. The number of nitriles is 1. The zero-order chi connectivity index (χ0) is 12.5. The van der Waals surface area contributed by atoms with Crippen molar-refractivity contribution in [2.75, 3.05) is 5.75 Å². The second-order valence-electron chi connectivity index (χ2n) is 3.97. The third-order valence-electron chi connectivity index (χ3n) is 2.78. The molecule has 0 amide bonds. The second kappa shape index (κ2) is 8.19. The van der Waals surface area contributed by atoms with E-state index in [-0.39, 0.29) is 0 Å². The van der Waals surface area contributed by atoms with Crippen LogP contribution in [0.4, 0.5) is 0 Å². The van der Waals surface area contributed by atoms with Gasteiger partial charge in [-0.25, -0.2) is 9.13 Å². The van der Waals surface area contributed by atoms with Crippen molar-refractivity contribution in [3.63, 3.8) is 0 Å². The summed E-state index contributed by atoms with van der Waals surface area (Å²) in [4.78, 5) is 0. The summed E-state index contributed by atoms with van der Waals surface area (Å²) in [7, 11) is 0. The smallest absolute Gasteiger partial charge is 0.234 e. The molecule has 0 saturated carbocycles. The molecule has 0 radical (unpaired) electrons.